The van der Waals surface area contributed by atoms with Gasteiger partial charge in [-0.3, -0.25) is 0 Å². The van der Waals surface area contributed by atoms with E-state index in [-0.39, 0.29) is 62.0 Å². The molecule has 2 heterocycles. The Labute approximate surface area is 212 Å². The van der Waals surface area contributed by atoms with Crippen molar-refractivity contribution < 1.29 is 13.2 Å². The zero-order valence-corrected chi connectivity index (χ0v) is 19.3. The van der Waals surface area contributed by atoms with Crippen molar-refractivity contribution in [2.24, 2.45) is 9.98 Å². The van der Waals surface area contributed by atoms with Gasteiger partial charge in [0.2, 0.25) is 0 Å². The smallest absolute Gasteiger partial charge is 0.238 e. The first-order valence-electron chi connectivity index (χ1n) is 10.8. The molecule has 0 amide bonds. The Kier molecular flexibility index (Phi) is 5.92. The highest BCUT2D eigenvalue weighted by Gasteiger charge is 2.20. The van der Waals surface area contributed by atoms with E-state index in [1.165, 1.54) is 24.3 Å². The van der Waals surface area contributed by atoms with Crippen LogP contribution in [-0.2, 0) is 0 Å². The monoisotopic (exact) mass is 504 g/mol. The number of hydrogen-bond acceptors (Lipinski definition) is 7. The van der Waals surface area contributed by atoms with Gasteiger partial charge in [-0.25, -0.2) is 48.2 Å². The number of allylic oxidation sites excluding steroid dienone is 1. The molecule has 0 aliphatic carbocycles. The van der Waals surface area contributed by atoms with E-state index in [9.17, 15) is 18.4 Å². The molecule has 0 fully saturated rings. The number of benzene rings is 3. The van der Waals surface area contributed by atoms with Crippen molar-refractivity contribution in [2.45, 2.75) is 6.92 Å². The first-order valence-corrected chi connectivity index (χ1v) is 10.8. The molecule has 11 heteroatoms. The summed E-state index contributed by atoms with van der Waals surface area (Å²) in [5.41, 5.74) is 0.704. The van der Waals surface area contributed by atoms with Crippen molar-refractivity contribution in [3.8, 4) is 46.3 Å². The molecule has 0 atom stereocenters. The summed E-state index contributed by atoms with van der Waals surface area (Å²) in [6.07, 6.45) is 0. The molecular weight excluding hydrogens is 493 g/mol. The molecule has 5 rings (SSSR count). The molecule has 1 aliphatic rings. The first kappa shape index (κ1) is 24.0. The Balaban J connectivity index is 1.81. The third kappa shape index (κ3) is 4.34. The minimum Gasteiger partial charge on any atom is -0.238 e. The normalized spacial score (nSPS) is 12.9. The molecule has 0 radical (unpaired) electrons. The fraction of sp³-hybridized carbons (Fsp3) is 0.0370. The van der Waals surface area contributed by atoms with Crippen LogP contribution in [-0.4, -0.2) is 15.0 Å². The van der Waals surface area contributed by atoms with Crippen LogP contribution in [0.5, 0.6) is 0 Å². The molecule has 0 spiro atoms. The lowest BCUT2D eigenvalue weighted by molar-refractivity contribution is 0.584. The molecule has 38 heavy (non-hydrogen) atoms. The van der Waals surface area contributed by atoms with Crippen LogP contribution in [0.1, 0.15) is 11.1 Å². The second kappa shape index (κ2) is 9.38. The number of aromatic nitrogens is 3. The van der Waals surface area contributed by atoms with E-state index >= 15 is 0 Å². The summed E-state index contributed by atoms with van der Waals surface area (Å²) in [4.78, 5) is 24.6. The van der Waals surface area contributed by atoms with Crippen LogP contribution in [0.3, 0.4) is 0 Å². The summed E-state index contributed by atoms with van der Waals surface area (Å²) in [5.74, 6) is -2.53. The fourth-order valence-corrected chi connectivity index (χ4v) is 3.86. The minimum atomic E-state index is -0.854. The summed E-state index contributed by atoms with van der Waals surface area (Å²) < 4.78 is 42.3. The standard InChI is InChI=1S/C27H11F3N8/c1-13-5-14(7-16(28)6-13)24-36-25(15-8-17(29)10-18(30)9-15)38-26(37-24)19-3-4-21-23(20(19)11-31)35-27(34-21)22(12-32)33-2/h3-10H,1H3/b27-22+. The SMILES string of the molecule is [C-]#[N+]/C(C#N)=C1\N=c2ccc(-c3nc(-c4cc(C)cc(F)c4)nc(-c4cc(F)cc(F)c4)n3)c(C#N)c2=N1. The average Bonchev–Trinajstić information content (AvgIpc) is 3.31. The fourth-order valence-electron chi connectivity index (χ4n) is 3.86. The van der Waals surface area contributed by atoms with Gasteiger partial charge in [-0.1, -0.05) is 0 Å². The molecule has 0 bridgehead atoms. The van der Waals surface area contributed by atoms with Crippen molar-refractivity contribution in [2.75, 3.05) is 0 Å². The number of nitrogens with zero attached hydrogens (tertiary/aromatic N) is 8. The summed E-state index contributed by atoms with van der Waals surface area (Å²) >= 11 is 0. The van der Waals surface area contributed by atoms with E-state index in [2.05, 4.69) is 29.8 Å². The van der Waals surface area contributed by atoms with E-state index in [4.69, 9.17) is 11.8 Å². The van der Waals surface area contributed by atoms with Gasteiger partial charge >= 0.3 is 5.70 Å². The van der Waals surface area contributed by atoms with Gasteiger partial charge in [0.15, 0.2) is 23.3 Å². The predicted molar refractivity (Wildman–Crippen MR) is 127 cm³/mol. The van der Waals surface area contributed by atoms with Crippen LogP contribution in [0.4, 0.5) is 13.2 Å². The zero-order valence-electron chi connectivity index (χ0n) is 19.3. The van der Waals surface area contributed by atoms with Crippen molar-refractivity contribution in [1.29, 1.82) is 10.5 Å². The van der Waals surface area contributed by atoms with Crippen LogP contribution in [0.15, 0.2) is 70.0 Å². The van der Waals surface area contributed by atoms with Gasteiger partial charge in [0.1, 0.15) is 28.9 Å². The third-order valence-electron chi connectivity index (χ3n) is 5.44. The van der Waals surface area contributed by atoms with Crippen molar-refractivity contribution in [1.82, 2.24) is 15.0 Å². The number of hydrogen-bond donors (Lipinski definition) is 0. The number of nitriles is 2. The topological polar surface area (TPSA) is 115 Å². The van der Waals surface area contributed by atoms with Gasteiger partial charge in [0, 0.05) is 22.8 Å². The molecule has 1 aromatic heterocycles. The number of halogens is 3. The number of fused-ring (bicyclic) bond motifs is 1. The molecule has 0 unspecified atom stereocenters. The summed E-state index contributed by atoms with van der Waals surface area (Å²) in [6.45, 7) is 8.81. The van der Waals surface area contributed by atoms with Gasteiger partial charge in [-0.15, -0.1) is 0 Å². The Morgan fingerprint density at radius 1 is 0.816 bits per heavy atom. The summed E-state index contributed by atoms with van der Waals surface area (Å²) in [5, 5.41) is 19.5. The lowest BCUT2D eigenvalue weighted by Gasteiger charge is -2.10. The van der Waals surface area contributed by atoms with Gasteiger partial charge < -0.3 is 0 Å². The lowest BCUT2D eigenvalue weighted by atomic mass is 10.1. The molecular formula is C27H11F3N8. The van der Waals surface area contributed by atoms with Gasteiger partial charge in [-0.2, -0.15) is 5.26 Å². The van der Waals surface area contributed by atoms with Crippen LogP contribution in [0.2, 0.25) is 0 Å². The minimum absolute atomic E-state index is 0.000758. The molecule has 4 aromatic rings. The van der Waals surface area contributed by atoms with E-state index in [1.807, 2.05) is 6.07 Å². The van der Waals surface area contributed by atoms with Crippen molar-refractivity contribution >= 4 is 0 Å². The van der Waals surface area contributed by atoms with Gasteiger partial charge in [-0.05, 0) is 55.0 Å². The number of rotatable bonds is 3. The maximum absolute atomic E-state index is 14.2. The highest BCUT2D eigenvalue weighted by molar-refractivity contribution is 5.70. The maximum Gasteiger partial charge on any atom is 0.305 e. The van der Waals surface area contributed by atoms with Crippen LogP contribution in [0.25, 0.3) is 39.0 Å². The second-order valence-electron chi connectivity index (χ2n) is 8.07. The van der Waals surface area contributed by atoms with Crippen LogP contribution >= 0.6 is 0 Å². The number of aryl methyl sites for hydroxylation is 1. The average molecular weight is 504 g/mol. The van der Waals surface area contributed by atoms with Gasteiger partial charge in [0.25, 0.3) is 0 Å². The Morgan fingerprint density at radius 2 is 1.42 bits per heavy atom. The summed E-state index contributed by atoms with van der Waals surface area (Å²) in [7, 11) is 0. The highest BCUT2D eigenvalue weighted by atomic mass is 19.1. The highest BCUT2D eigenvalue weighted by Crippen LogP contribution is 2.27. The van der Waals surface area contributed by atoms with E-state index < -0.39 is 17.5 Å². The molecule has 1 aliphatic heterocycles. The van der Waals surface area contributed by atoms with E-state index in [0.29, 0.717) is 11.6 Å². The molecule has 0 saturated heterocycles. The predicted octanol–water partition coefficient (Wildman–Crippen LogP) is 4.33. The molecule has 8 nitrogen and oxygen atoms in total. The van der Waals surface area contributed by atoms with Crippen molar-refractivity contribution in [3.05, 3.63) is 111 Å². The van der Waals surface area contributed by atoms with Crippen LogP contribution in [0, 0.1) is 53.6 Å². The largest absolute Gasteiger partial charge is 0.305 e. The Hall–Kier alpha value is -5.73. The van der Waals surface area contributed by atoms with Crippen molar-refractivity contribution in [3.63, 3.8) is 0 Å². The van der Waals surface area contributed by atoms with Gasteiger partial charge in [0.05, 0.1) is 23.6 Å². The summed E-state index contributed by atoms with van der Waals surface area (Å²) in [6, 6.07) is 13.7. The lowest BCUT2D eigenvalue weighted by Crippen LogP contribution is -2.25. The third-order valence-corrected chi connectivity index (χ3v) is 5.44. The Bertz CT molecular complexity index is 1830. The maximum atomic E-state index is 14.2. The second-order valence-corrected chi connectivity index (χ2v) is 8.07. The Morgan fingerprint density at radius 3 is 2.00 bits per heavy atom. The first-order chi connectivity index (χ1) is 18.3. The quantitative estimate of drug-likeness (QED) is 0.304. The molecule has 180 valence electrons. The zero-order chi connectivity index (χ0) is 27.0. The molecule has 3 aromatic carbocycles. The van der Waals surface area contributed by atoms with E-state index in [0.717, 1.165) is 12.1 Å². The van der Waals surface area contributed by atoms with E-state index in [1.54, 1.807) is 19.1 Å². The molecule has 0 saturated carbocycles. The molecule has 0 N–H and O–H groups in total. The van der Waals surface area contributed by atoms with Crippen LogP contribution < -0.4 is 10.7 Å².